The first kappa shape index (κ1) is 57.5. The predicted molar refractivity (Wildman–Crippen MR) is 507 cm³/mol. The summed E-state index contributed by atoms with van der Waals surface area (Å²) in [6.07, 6.45) is 0. The lowest BCUT2D eigenvalue weighted by Gasteiger charge is -2.46. The van der Waals surface area contributed by atoms with E-state index in [-0.39, 0.29) is 55.0 Å². The van der Waals surface area contributed by atoms with Crippen LogP contribution in [0.25, 0.3) is 181 Å². The number of nitriles is 1. The van der Waals surface area contributed by atoms with E-state index < -0.39 is 113 Å². The smallest absolute Gasteiger partial charge is 0.252 e. The molecule has 0 aliphatic carbocycles. The number of fused-ring (bicyclic) bond motifs is 19. The van der Waals surface area contributed by atoms with E-state index in [9.17, 15) is 24.5 Å². The monoisotopic (exact) mass is 1580 g/mol. The molecule has 24 rings (SSSR count). The zero-order chi connectivity index (χ0) is 93.9. The molecule has 0 radical (unpaired) electrons. The second-order valence-electron chi connectivity index (χ2n) is 33.7. The molecule has 5 aromatic heterocycles. The average Bonchev–Trinajstić information content (AvgIpc) is 0.982. The molecule has 9 nitrogen and oxygen atoms in total. The summed E-state index contributed by atoms with van der Waals surface area (Å²) >= 11 is 0. The van der Waals surface area contributed by atoms with Crippen LogP contribution in [-0.4, -0.2) is 15.8 Å². The van der Waals surface area contributed by atoms with Crippen LogP contribution in [0.1, 0.15) is 77.4 Å². The van der Waals surface area contributed by atoms with Gasteiger partial charge >= 0.3 is 0 Å². The van der Waals surface area contributed by atoms with E-state index in [2.05, 4.69) is 165 Å². The van der Waals surface area contributed by atoms with Gasteiger partial charge in [0.2, 0.25) is 0 Å². The van der Waals surface area contributed by atoms with Crippen LogP contribution in [-0.2, 0) is 10.8 Å². The van der Waals surface area contributed by atoms with Crippen LogP contribution in [0.5, 0.6) is 0 Å². The van der Waals surface area contributed by atoms with E-state index in [1.54, 1.807) is 9.13 Å². The minimum Gasteiger partial charge on any atom is -0.456 e. The molecule has 0 bridgehead atoms. The lowest BCUT2D eigenvalue weighted by atomic mass is 9.33. The Hall–Kier alpha value is -15.6. The van der Waals surface area contributed by atoms with Crippen molar-refractivity contribution in [1.29, 1.82) is 5.26 Å². The largest absolute Gasteiger partial charge is 0.456 e. The fourth-order valence-corrected chi connectivity index (χ4v) is 19.2. The number of hydrogen-bond acceptors (Lipinski definition) is 6. The van der Waals surface area contributed by atoms with Gasteiger partial charge in [0.05, 0.1) is 68.1 Å². The van der Waals surface area contributed by atoms with Crippen molar-refractivity contribution < 1.29 is 32.4 Å². The molecule has 0 saturated carbocycles. The fraction of sp³-hybridized carbons (Fsp3) is 0.0714. The van der Waals surface area contributed by atoms with Gasteiger partial charge in [0.15, 0.2) is 5.69 Å². The Kier molecular flexibility index (Phi) is 12.5. The van der Waals surface area contributed by atoms with Gasteiger partial charge in [-0.3, -0.25) is 0 Å². The number of benzene rings is 17. The van der Waals surface area contributed by atoms with Gasteiger partial charge in [0.1, 0.15) is 33.5 Å². The molecule has 0 fully saturated rings. The van der Waals surface area contributed by atoms with Gasteiger partial charge in [-0.25, -0.2) is 4.85 Å². The van der Waals surface area contributed by atoms with Gasteiger partial charge in [0.25, 0.3) is 6.71 Å². The van der Waals surface area contributed by atoms with Crippen molar-refractivity contribution in [2.24, 2.45) is 0 Å². The van der Waals surface area contributed by atoms with Gasteiger partial charge in [-0.1, -0.05) is 254 Å². The first-order valence-electron chi connectivity index (χ1n) is 47.7. The zero-order valence-electron chi connectivity index (χ0n) is 80.8. The van der Waals surface area contributed by atoms with Gasteiger partial charge in [-0.2, -0.15) is 5.26 Å². The Morgan fingerprint density at radius 1 is 0.361 bits per heavy atom. The Bertz CT molecular complexity index is 9140. The summed E-state index contributed by atoms with van der Waals surface area (Å²) in [6.45, 7) is 20.7. The lowest BCUT2D eigenvalue weighted by Crippen LogP contribution is -2.61. The molecule has 2 aliphatic heterocycles. The van der Waals surface area contributed by atoms with Gasteiger partial charge in [0, 0.05) is 113 Å². The quantitative estimate of drug-likeness (QED) is 0.106. The number of nitrogens with zero attached hydrogens (tertiary/aromatic N) is 6. The Balaban J connectivity index is 0.944. The Labute approximate surface area is 724 Å². The molecule has 0 spiro atoms. The van der Waals surface area contributed by atoms with Crippen molar-refractivity contribution in [1.82, 2.24) is 9.13 Å². The second kappa shape index (κ2) is 26.4. The summed E-state index contributed by atoms with van der Waals surface area (Å²) in [5, 5.41) is 15.5. The molecule has 7 heterocycles. The number of aromatic nitrogens is 2. The summed E-state index contributed by atoms with van der Waals surface area (Å²) < 4.78 is 161. The van der Waals surface area contributed by atoms with Crippen molar-refractivity contribution >= 4 is 172 Å². The molecule has 0 N–H and O–H groups in total. The van der Waals surface area contributed by atoms with Crippen LogP contribution in [0.4, 0.5) is 39.8 Å². The van der Waals surface area contributed by atoms with Crippen molar-refractivity contribution in [3.8, 4) is 73.1 Å². The third kappa shape index (κ3) is 10.5. The second-order valence-corrected chi connectivity index (χ2v) is 33.7. The normalized spacial score (nSPS) is 14.4. The molecule has 0 atom stereocenters. The molecule has 0 amide bonds. The van der Waals surface area contributed by atoms with Gasteiger partial charge in [-0.05, 0) is 205 Å². The molecular formula is C112H75BN6O3. The number of hydrogen-bond donors (Lipinski definition) is 0. The molecule has 22 aromatic rings. The molecule has 10 heteroatoms. The van der Waals surface area contributed by atoms with Gasteiger partial charge in [-0.15, -0.1) is 0 Å². The SMILES string of the molecule is [2H]c1c([2H])c([2H])c2c(c1[2H])c1c([2H])c(C#N)c([2H])c([2H])c1n2-c1ccc2c(c1)N(c1c(-c3cccc4oc5ccccc5c34)cc(C(C)(C)C)cc1-c1cccc3oc4ccccc4c13)c1cc(-c3ccccc3)cc3c1B2c1ccc(-n2c4c([2H])c([2H])c([2H])c([2H])c4c4c([2H])c([N+]#[C-])c([2H])c([2H])c42)cc1N3c1c(-c2ccccc2)cc(C(C)(C)C)cc1-c1cccc2c1oc1ccccc12. The lowest BCUT2D eigenvalue weighted by molar-refractivity contribution is 0.590. The highest BCUT2D eigenvalue weighted by Gasteiger charge is 2.47. The van der Waals surface area contributed by atoms with E-state index in [0.717, 1.165) is 99.0 Å². The minimum absolute atomic E-state index is 0.101. The van der Waals surface area contributed by atoms with E-state index in [4.69, 9.17) is 19.8 Å². The molecule has 122 heavy (non-hydrogen) atoms. The Morgan fingerprint density at radius 2 is 0.803 bits per heavy atom. The molecular weight excluding hydrogens is 1490 g/mol. The van der Waals surface area contributed by atoms with Crippen molar-refractivity contribution in [2.75, 3.05) is 9.80 Å². The van der Waals surface area contributed by atoms with E-state index in [1.165, 1.54) is 0 Å². The predicted octanol–water partition coefficient (Wildman–Crippen LogP) is 29.0. The molecule has 574 valence electrons. The summed E-state index contributed by atoms with van der Waals surface area (Å²) in [5.74, 6) is 0. The topological polar surface area (TPSA) is 83.9 Å². The highest BCUT2D eigenvalue weighted by atomic mass is 16.3. The van der Waals surface area contributed by atoms with Crippen LogP contribution in [0.3, 0.4) is 0 Å². The molecule has 17 aromatic carbocycles. The number of anilines is 6. The van der Waals surface area contributed by atoms with Crippen LogP contribution in [0, 0.1) is 17.9 Å². The number of rotatable bonds is 9. The van der Waals surface area contributed by atoms with Crippen LogP contribution < -0.4 is 26.2 Å². The summed E-state index contributed by atoms with van der Waals surface area (Å²) in [7, 11) is 0. The first-order chi connectivity index (χ1) is 65.5. The van der Waals surface area contributed by atoms with Crippen molar-refractivity contribution in [3.63, 3.8) is 0 Å². The average molecular weight is 1580 g/mol. The van der Waals surface area contributed by atoms with E-state index in [0.29, 0.717) is 84.1 Å². The third-order valence-corrected chi connectivity index (χ3v) is 24.8. The maximum atomic E-state index is 10.9. The summed E-state index contributed by atoms with van der Waals surface area (Å²) in [6, 6.07) is 82.4. The maximum absolute atomic E-state index is 10.9. The molecule has 2 aliphatic rings. The molecule has 0 saturated heterocycles. The fourth-order valence-electron chi connectivity index (χ4n) is 19.2. The van der Waals surface area contributed by atoms with Crippen LogP contribution in [0.15, 0.2) is 359 Å². The standard InChI is InChI=1S/C112H75BN6O3/c1-111(2,3)70-58-84(68-29-12-9-13-30-68)108(89(61-70)81-39-24-38-80-77-33-16-21-42-100(77)122-110(80)81)118-96-63-74(117-93-41-20-15-32-76(93)86-62-72(115-7)48-54-95(86)117)50-51-90(96)113-91-52-49-73(116-92-40-19-14-31-75(92)85-55-66(65-114)47-53-94(85)116)64-97(91)119(99-57-69(56-98(118)107(99)113)67-27-10-8-11-28-67)109-87(78-36-25-45-103-105(78)82-34-17-22-43-101(82)120-103)59-71(112(4,5)6)60-88(109)79-37-26-46-104-106(79)83-35-18-23-44-102(83)121-104/h8-64H,1-6H3/i14D,15D,19D,20D,31D,32D,40D,41D,47D,48D,53D,54D,55D,62D. The van der Waals surface area contributed by atoms with Crippen LogP contribution in [0.2, 0.25) is 0 Å². The first-order valence-corrected chi connectivity index (χ1v) is 40.7. The Morgan fingerprint density at radius 3 is 1.35 bits per heavy atom. The van der Waals surface area contributed by atoms with Crippen molar-refractivity contribution in [3.05, 3.63) is 374 Å². The highest BCUT2D eigenvalue weighted by molar-refractivity contribution is 7.00. The summed E-state index contributed by atoms with van der Waals surface area (Å²) in [4.78, 5) is 8.28. The van der Waals surface area contributed by atoms with Gasteiger partial charge < -0.3 is 32.2 Å². The number of para-hydroxylation sites is 6. The summed E-state index contributed by atoms with van der Waals surface area (Å²) in [5.41, 5.74) is 17.1. The highest BCUT2D eigenvalue weighted by Crippen LogP contribution is 2.58. The zero-order valence-corrected chi connectivity index (χ0v) is 66.8. The molecule has 0 unspecified atom stereocenters. The third-order valence-electron chi connectivity index (χ3n) is 24.8. The van der Waals surface area contributed by atoms with E-state index >= 15 is 0 Å². The maximum Gasteiger partial charge on any atom is 0.252 e. The minimum atomic E-state index is -0.918. The van der Waals surface area contributed by atoms with E-state index in [1.807, 2.05) is 158 Å². The number of furan rings is 3. The van der Waals surface area contributed by atoms with Crippen molar-refractivity contribution in [2.45, 2.75) is 52.4 Å². The van der Waals surface area contributed by atoms with Crippen LogP contribution >= 0.6 is 0 Å².